The molecule has 1 N–H and O–H groups in total. The summed E-state index contributed by atoms with van der Waals surface area (Å²) in [5.41, 5.74) is 1.17. The molecule has 0 aliphatic heterocycles. The first kappa shape index (κ1) is 10.1. The fourth-order valence-corrected chi connectivity index (χ4v) is 1.63. The second kappa shape index (κ2) is 4.28. The maximum absolute atomic E-state index is 9.32. The van der Waals surface area contributed by atoms with Gasteiger partial charge in [0.25, 0.3) is 0 Å². The number of hydrogen-bond acceptors (Lipinski definition) is 2. The van der Waals surface area contributed by atoms with Crippen LogP contribution in [-0.4, -0.2) is 24.1 Å². The first-order chi connectivity index (χ1) is 6.15. The Morgan fingerprint density at radius 3 is 2.54 bits per heavy atom. The van der Waals surface area contributed by atoms with Crippen LogP contribution in [0.15, 0.2) is 24.3 Å². The van der Waals surface area contributed by atoms with Crippen molar-refractivity contribution in [3.63, 3.8) is 0 Å². The highest BCUT2D eigenvalue weighted by Gasteiger charge is 2.11. The van der Waals surface area contributed by atoms with Gasteiger partial charge in [-0.3, -0.25) is 0 Å². The number of phenolic OH excluding ortho intramolecular Hbond substituents is 1. The summed E-state index contributed by atoms with van der Waals surface area (Å²) in [5.74, 6) is 0.345. The lowest BCUT2D eigenvalue weighted by atomic mass is 10.0. The van der Waals surface area contributed by atoms with Gasteiger partial charge in [0.2, 0.25) is 0 Å². The van der Waals surface area contributed by atoms with Gasteiger partial charge in [-0.05, 0) is 38.2 Å². The lowest BCUT2D eigenvalue weighted by Crippen LogP contribution is -2.18. The van der Waals surface area contributed by atoms with Crippen LogP contribution in [0.5, 0.6) is 5.75 Å². The van der Waals surface area contributed by atoms with Crippen LogP contribution in [-0.2, 0) is 0 Å². The summed E-state index contributed by atoms with van der Waals surface area (Å²) in [4.78, 5) is 2.16. The zero-order valence-corrected chi connectivity index (χ0v) is 8.49. The highest BCUT2D eigenvalue weighted by Crippen LogP contribution is 2.24. The summed E-state index contributed by atoms with van der Waals surface area (Å²) in [7, 11) is 4.11. The van der Waals surface area contributed by atoms with Crippen LogP contribution in [0, 0.1) is 0 Å². The van der Waals surface area contributed by atoms with Gasteiger partial charge in [0.1, 0.15) is 5.75 Å². The van der Waals surface area contributed by atoms with Crippen molar-refractivity contribution in [2.24, 2.45) is 0 Å². The van der Waals surface area contributed by atoms with Gasteiger partial charge in [-0.25, -0.2) is 0 Å². The Balaban J connectivity index is 2.91. The molecule has 2 heteroatoms. The average Bonchev–Trinajstić information content (AvgIpc) is 2.04. The standard InChI is InChI=1S/C11H17NO/c1-4-11(12(2)3)9-6-5-7-10(13)8-9/h5-8,11,13H,4H2,1-3H3. The number of phenols is 1. The largest absolute Gasteiger partial charge is 0.508 e. The SMILES string of the molecule is CCC(c1cccc(O)c1)N(C)C. The van der Waals surface area contributed by atoms with Gasteiger partial charge in [0.15, 0.2) is 0 Å². The van der Waals surface area contributed by atoms with E-state index in [1.54, 1.807) is 6.07 Å². The summed E-state index contributed by atoms with van der Waals surface area (Å²) < 4.78 is 0. The van der Waals surface area contributed by atoms with Gasteiger partial charge in [0, 0.05) is 6.04 Å². The second-order valence-corrected chi connectivity index (χ2v) is 3.48. The summed E-state index contributed by atoms with van der Waals surface area (Å²) in [5, 5.41) is 9.32. The Labute approximate surface area is 79.8 Å². The number of benzene rings is 1. The van der Waals surface area contributed by atoms with Crippen molar-refractivity contribution < 1.29 is 5.11 Å². The predicted molar refractivity (Wildman–Crippen MR) is 54.8 cm³/mol. The molecule has 1 aromatic carbocycles. The van der Waals surface area contributed by atoms with Crippen LogP contribution in [0.3, 0.4) is 0 Å². The van der Waals surface area contributed by atoms with Gasteiger partial charge >= 0.3 is 0 Å². The Hall–Kier alpha value is -1.02. The van der Waals surface area contributed by atoms with E-state index in [9.17, 15) is 5.11 Å². The molecule has 1 rings (SSSR count). The van der Waals surface area contributed by atoms with Crippen molar-refractivity contribution in [3.8, 4) is 5.75 Å². The molecule has 0 fully saturated rings. The Bertz CT molecular complexity index is 271. The third kappa shape index (κ3) is 2.46. The molecule has 1 atom stereocenters. The normalized spacial score (nSPS) is 13.2. The fourth-order valence-electron chi connectivity index (χ4n) is 1.63. The number of hydrogen-bond donors (Lipinski definition) is 1. The molecule has 0 radical (unpaired) electrons. The molecule has 1 aromatic rings. The molecule has 0 saturated carbocycles. The van der Waals surface area contributed by atoms with E-state index in [2.05, 4.69) is 25.9 Å². The summed E-state index contributed by atoms with van der Waals surface area (Å²) in [6.45, 7) is 2.15. The minimum atomic E-state index is 0.345. The van der Waals surface area contributed by atoms with E-state index in [-0.39, 0.29) is 0 Å². The first-order valence-electron chi connectivity index (χ1n) is 4.60. The van der Waals surface area contributed by atoms with Crippen LogP contribution in [0.4, 0.5) is 0 Å². The quantitative estimate of drug-likeness (QED) is 0.770. The fraction of sp³-hybridized carbons (Fsp3) is 0.455. The molecule has 1 unspecified atom stereocenters. The smallest absolute Gasteiger partial charge is 0.115 e. The van der Waals surface area contributed by atoms with Gasteiger partial charge in [-0.1, -0.05) is 19.1 Å². The van der Waals surface area contributed by atoms with Gasteiger partial charge < -0.3 is 10.0 Å². The first-order valence-corrected chi connectivity index (χ1v) is 4.60. The predicted octanol–water partition coefficient (Wildman–Crippen LogP) is 2.40. The van der Waals surface area contributed by atoms with Crippen molar-refractivity contribution in [1.82, 2.24) is 4.90 Å². The lowest BCUT2D eigenvalue weighted by Gasteiger charge is -2.23. The Morgan fingerprint density at radius 2 is 2.08 bits per heavy atom. The third-order valence-electron chi connectivity index (χ3n) is 2.27. The van der Waals surface area contributed by atoms with Gasteiger partial charge in [0.05, 0.1) is 0 Å². The second-order valence-electron chi connectivity index (χ2n) is 3.48. The van der Waals surface area contributed by atoms with Crippen LogP contribution >= 0.6 is 0 Å². The molecule has 0 saturated heterocycles. The molecule has 0 spiro atoms. The molecule has 13 heavy (non-hydrogen) atoms. The maximum Gasteiger partial charge on any atom is 0.115 e. The molecule has 2 nitrogen and oxygen atoms in total. The van der Waals surface area contributed by atoms with Crippen molar-refractivity contribution in [1.29, 1.82) is 0 Å². The van der Waals surface area contributed by atoms with Crippen LogP contribution in [0.2, 0.25) is 0 Å². The van der Waals surface area contributed by atoms with E-state index in [1.165, 1.54) is 5.56 Å². The molecule has 0 amide bonds. The van der Waals surface area contributed by atoms with Crippen molar-refractivity contribution >= 4 is 0 Å². The zero-order chi connectivity index (χ0) is 9.84. The Kier molecular flexibility index (Phi) is 3.32. The van der Waals surface area contributed by atoms with E-state index in [0.717, 1.165) is 6.42 Å². The molecule has 0 aliphatic rings. The van der Waals surface area contributed by atoms with Gasteiger partial charge in [-0.15, -0.1) is 0 Å². The molecule has 72 valence electrons. The molecule has 0 bridgehead atoms. The van der Waals surface area contributed by atoms with E-state index < -0.39 is 0 Å². The zero-order valence-electron chi connectivity index (χ0n) is 8.49. The number of aromatic hydroxyl groups is 1. The summed E-state index contributed by atoms with van der Waals surface area (Å²) in [6.07, 6.45) is 1.05. The van der Waals surface area contributed by atoms with Crippen LogP contribution in [0.25, 0.3) is 0 Å². The number of rotatable bonds is 3. The minimum absolute atomic E-state index is 0.345. The highest BCUT2D eigenvalue weighted by molar-refractivity contribution is 5.29. The minimum Gasteiger partial charge on any atom is -0.508 e. The molecule has 0 aromatic heterocycles. The van der Waals surface area contributed by atoms with E-state index in [1.807, 2.05) is 18.2 Å². The van der Waals surface area contributed by atoms with Crippen molar-refractivity contribution in [2.45, 2.75) is 19.4 Å². The molecular weight excluding hydrogens is 162 g/mol. The van der Waals surface area contributed by atoms with Crippen LogP contribution < -0.4 is 0 Å². The molecule has 0 aliphatic carbocycles. The van der Waals surface area contributed by atoms with E-state index >= 15 is 0 Å². The summed E-state index contributed by atoms with van der Waals surface area (Å²) in [6, 6.07) is 7.86. The maximum atomic E-state index is 9.32. The Morgan fingerprint density at radius 1 is 1.38 bits per heavy atom. The monoisotopic (exact) mass is 179 g/mol. The van der Waals surface area contributed by atoms with E-state index in [4.69, 9.17) is 0 Å². The van der Waals surface area contributed by atoms with Crippen molar-refractivity contribution in [3.05, 3.63) is 29.8 Å². The highest BCUT2D eigenvalue weighted by atomic mass is 16.3. The van der Waals surface area contributed by atoms with Crippen LogP contribution in [0.1, 0.15) is 24.9 Å². The van der Waals surface area contributed by atoms with Gasteiger partial charge in [-0.2, -0.15) is 0 Å². The number of nitrogens with zero attached hydrogens (tertiary/aromatic N) is 1. The van der Waals surface area contributed by atoms with Crippen molar-refractivity contribution in [2.75, 3.05) is 14.1 Å². The topological polar surface area (TPSA) is 23.5 Å². The molecule has 0 heterocycles. The average molecular weight is 179 g/mol. The van der Waals surface area contributed by atoms with E-state index in [0.29, 0.717) is 11.8 Å². The summed E-state index contributed by atoms with van der Waals surface area (Å²) >= 11 is 0. The molecular formula is C11H17NO. The third-order valence-corrected chi connectivity index (χ3v) is 2.27. The lowest BCUT2D eigenvalue weighted by molar-refractivity contribution is 0.291.